The van der Waals surface area contributed by atoms with E-state index in [1.807, 2.05) is 0 Å². The molecular formula is C8H16Cl2N2O2. The van der Waals surface area contributed by atoms with Gasteiger partial charge in [0.05, 0.1) is 0 Å². The standard InChI is InChI=1S/C8H14N2O2.2ClH/c11-8(12)7-5-10-3-1-2-6(10)4-9-7;;/h6-7,9H,1-5H2,(H,11,12);2*1H/t6-,7+;;/m1../s1. The molecule has 2 N–H and O–H groups in total. The summed E-state index contributed by atoms with van der Waals surface area (Å²) in [7, 11) is 0. The second-order valence-corrected chi connectivity index (χ2v) is 3.59. The smallest absolute Gasteiger partial charge is 0.322 e. The maximum atomic E-state index is 10.7. The summed E-state index contributed by atoms with van der Waals surface area (Å²) in [5.41, 5.74) is 0. The monoisotopic (exact) mass is 242 g/mol. The quantitative estimate of drug-likeness (QED) is 0.697. The van der Waals surface area contributed by atoms with Crippen molar-refractivity contribution in [2.24, 2.45) is 0 Å². The number of carbonyl (C=O) groups is 1. The Morgan fingerprint density at radius 3 is 2.79 bits per heavy atom. The number of aliphatic carboxylic acids is 1. The zero-order chi connectivity index (χ0) is 8.55. The molecule has 0 unspecified atom stereocenters. The molecule has 0 saturated carbocycles. The molecule has 2 rings (SSSR count). The molecule has 2 heterocycles. The molecule has 2 fully saturated rings. The van der Waals surface area contributed by atoms with Gasteiger partial charge in [-0.3, -0.25) is 9.69 Å². The van der Waals surface area contributed by atoms with Crippen LogP contribution in [0.1, 0.15) is 12.8 Å². The number of nitrogens with zero attached hydrogens (tertiary/aromatic N) is 1. The molecule has 2 aliphatic heterocycles. The number of piperazine rings is 1. The van der Waals surface area contributed by atoms with Crippen molar-refractivity contribution in [3.63, 3.8) is 0 Å². The Balaban J connectivity index is 0.000000845. The molecule has 0 spiro atoms. The lowest BCUT2D eigenvalue weighted by molar-refractivity contribution is -0.140. The minimum atomic E-state index is -0.722. The largest absolute Gasteiger partial charge is 0.480 e. The van der Waals surface area contributed by atoms with Crippen molar-refractivity contribution in [3.05, 3.63) is 0 Å². The van der Waals surface area contributed by atoms with Gasteiger partial charge in [-0.05, 0) is 19.4 Å². The highest BCUT2D eigenvalue weighted by Crippen LogP contribution is 2.19. The van der Waals surface area contributed by atoms with Crippen LogP contribution in [0, 0.1) is 0 Å². The molecule has 2 aliphatic rings. The molecule has 0 radical (unpaired) electrons. The molecule has 2 atom stereocenters. The van der Waals surface area contributed by atoms with Crippen molar-refractivity contribution < 1.29 is 9.90 Å². The van der Waals surface area contributed by atoms with Crippen LogP contribution in [0.2, 0.25) is 0 Å². The van der Waals surface area contributed by atoms with E-state index in [4.69, 9.17) is 5.11 Å². The van der Waals surface area contributed by atoms with Crippen LogP contribution < -0.4 is 5.32 Å². The third kappa shape index (κ3) is 2.73. The van der Waals surface area contributed by atoms with Crippen LogP contribution in [0.4, 0.5) is 0 Å². The highest BCUT2D eigenvalue weighted by molar-refractivity contribution is 5.85. The van der Waals surface area contributed by atoms with E-state index in [1.54, 1.807) is 0 Å². The maximum Gasteiger partial charge on any atom is 0.322 e. The summed E-state index contributed by atoms with van der Waals surface area (Å²) in [6.07, 6.45) is 2.44. The van der Waals surface area contributed by atoms with Crippen LogP contribution in [0.15, 0.2) is 0 Å². The Kier molecular flexibility index (Phi) is 5.74. The van der Waals surface area contributed by atoms with Crippen molar-refractivity contribution in [2.45, 2.75) is 24.9 Å². The molecule has 0 aromatic rings. The van der Waals surface area contributed by atoms with Crippen molar-refractivity contribution in [2.75, 3.05) is 19.6 Å². The van der Waals surface area contributed by atoms with Gasteiger partial charge in [0.15, 0.2) is 0 Å². The predicted octanol–water partition coefficient (Wildman–Crippen LogP) is 0.351. The summed E-state index contributed by atoms with van der Waals surface area (Å²) in [5.74, 6) is -0.722. The number of halogens is 2. The fourth-order valence-corrected chi connectivity index (χ4v) is 2.11. The summed E-state index contributed by atoms with van der Waals surface area (Å²) >= 11 is 0. The Labute approximate surface area is 95.9 Å². The van der Waals surface area contributed by atoms with Gasteiger partial charge in [0.1, 0.15) is 6.04 Å². The SMILES string of the molecule is Cl.Cl.O=C(O)[C@@H]1CN2CCC[C@@H]2CN1. The van der Waals surface area contributed by atoms with E-state index < -0.39 is 5.97 Å². The van der Waals surface area contributed by atoms with Gasteiger partial charge >= 0.3 is 5.97 Å². The first-order chi connectivity index (χ1) is 5.77. The van der Waals surface area contributed by atoms with Gasteiger partial charge in [-0.25, -0.2) is 0 Å². The van der Waals surface area contributed by atoms with Crippen LogP contribution in [-0.2, 0) is 4.79 Å². The van der Waals surface area contributed by atoms with Crippen molar-refractivity contribution in [1.82, 2.24) is 10.2 Å². The number of hydrogen-bond donors (Lipinski definition) is 2. The molecule has 2 saturated heterocycles. The fourth-order valence-electron chi connectivity index (χ4n) is 2.11. The first kappa shape index (κ1) is 14.0. The van der Waals surface area contributed by atoms with Gasteiger partial charge in [0.2, 0.25) is 0 Å². The normalized spacial score (nSPS) is 31.1. The van der Waals surface area contributed by atoms with Gasteiger partial charge in [-0.1, -0.05) is 0 Å². The molecular weight excluding hydrogens is 227 g/mol. The van der Waals surface area contributed by atoms with Crippen LogP contribution in [-0.4, -0.2) is 47.7 Å². The number of rotatable bonds is 1. The summed E-state index contributed by atoms with van der Waals surface area (Å²) in [6.45, 7) is 2.60. The van der Waals surface area contributed by atoms with E-state index >= 15 is 0 Å². The predicted molar refractivity (Wildman–Crippen MR) is 58.5 cm³/mol. The molecule has 0 aromatic carbocycles. The van der Waals surface area contributed by atoms with Crippen LogP contribution in [0.5, 0.6) is 0 Å². The Bertz CT molecular complexity index is 204. The number of carboxylic acid groups (broad SMARTS) is 1. The summed E-state index contributed by atoms with van der Waals surface area (Å²) in [4.78, 5) is 12.9. The highest BCUT2D eigenvalue weighted by Gasteiger charge is 2.33. The third-order valence-electron chi connectivity index (χ3n) is 2.81. The van der Waals surface area contributed by atoms with E-state index in [2.05, 4.69) is 10.2 Å². The average molecular weight is 243 g/mol. The fraction of sp³-hybridized carbons (Fsp3) is 0.875. The van der Waals surface area contributed by atoms with E-state index in [0.29, 0.717) is 12.6 Å². The number of fused-ring (bicyclic) bond motifs is 1. The summed E-state index contributed by atoms with van der Waals surface area (Å²) in [5, 5.41) is 11.8. The number of hydrogen-bond acceptors (Lipinski definition) is 3. The van der Waals surface area contributed by atoms with Crippen LogP contribution in [0.3, 0.4) is 0 Å². The molecule has 14 heavy (non-hydrogen) atoms. The second-order valence-electron chi connectivity index (χ2n) is 3.59. The van der Waals surface area contributed by atoms with Gasteiger partial charge in [-0.2, -0.15) is 0 Å². The van der Waals surface area contributed by atoms with E-state index in [0.717, 1.165) is 13.1 Å². The molecule has 0 amide bonds. The van der Waals surface area contributed by atoms with Gasteiger partial charge in [0, 0.05) is 19.1 Å². The minimum Gasteiger partial charge on any atom is -0.480 e. The highest BCUT2D eigenvalue weighted by atomic mass is 35.5. The van der Waals surface area contributed by atoms with Crippen LogP contribution >= 0.6 is 24.8 Å². The molecule has 0 aliphatic carbocycles. The molecule has 0 bridgehead atoms. The van der Waals surface area contributed by atoms with E-state index in [-0.39, 0.29) is 30.9 Å². The van der Waals surface area contributed by atoms with E-state index in [1.165, 1.54) is 12.8 Å². The molecule has 84 valence electrons. The van der Waals surface area contributed by atoms with Gasteiger partial charge in [0.25, 0.3) is 0 Å². The lowest BCUT2D eigenvalue weighted by Crippen LogP contribution is -2.56. The lowest BCUT2D eigenvalue weighted by Gasteiger charge is -2.33. The van der Waals surface area contributed by atoms with Gasteiger partial charge in [-0.15, -0.1) is 24.8 Å². The molecule has 0 aromatic heterocycles. The lowest BCUT2D eigenvalue weighted by atomic mass is 10.1. The van der Waals surface area contributed by atoms with Crippen molar-refractivity contribution in [1.29, 1.82) is 0 Å². The minimum absolute atomic E-state index is 0. The zero-order valence-electron chi connectivity index (χ0n) is 7.81. The number of carboxylic acids is 1. The Morgan fingerprint density at radius 2 is 2.14 bits per heavy atom. The first-order valence-electron chi connectivity index (χ1n) is 4.47. The summed E-state index contributed by atoms with van der Waals surface area (Å²) < 4.78 is 0. The topological polar surface area (TPSA) is 52.6 Å². The first-order valence-corrected chi connectivity index (χ1v) is 4.47. The van der Waals surface area contributed by atoms with Gasteiger partial charge < -0.3 is 10.4 Å². The van der Waals surface area contributed by atoms with Crippen molar-refractivity contribution >= 4 is 30.8 Å². The van der Waals surface area contributed by atoms with E-state index in [9.17, 15) is 4.79 Å². The zero-order valence-corrected chi connectivity index (χ0v) is 9.44. The third-order valence-corrected chi connectivity index (χ3v) is 2.81. The average Bonchev–Trinajstić information content (AvgIpc) is 2.49. The van der Waals surface area contributed by atoms with Crippen LogP contribution in [0.25, 0.3) is 0 Å². The van der Waals surface area contributed by atoms with Crippen molar-refractivity contribution in [3.8, 4) is 0 Å². The molecule has 4 nitrogen and oxygen atoms in total. The summed E-state index contributed by atoms with van der Waals surface area (Å²) in [6, 6.07) is 0.250. The Morgan fingerprint density at radius 1 is 1.43 bits per heavy atom. The Hall–Kier alpha value is -0.0300. The number of nitrogens with one attached hydrogen (secondary N) is 1. The second kappa shape index (κ2) is 5.75. The maximum absolute atomic E-state index is 10.7. The molecule has 6 heteroatoms.